The number of anilines is 1. The topological polar surface area (TPSA) is 64.4 Å². The van der Waals surface area contributed by atoms with Gasteiger partial charge in [0.15, 0.2) is 0 Å². The van der Waals surface area contributed by atoms with Gasteiger partial charge in [0.2, 0.25) is 0 Å². The Morgan fingerprint density at radius 3 is 2.81 bits per heavy atom. The summed E-state index contributed by atoms with van der Waals surface area (Å²) in [6.45, 7) is -0.749. The zero-order valence-electron chi connectivity index (χ0n) is 8.67. The average Bonchev–Trinajstić information content (AvgIpc) is 2.26. The van der Waals surface area contributed by atoms with Gasteiger partial charge in [-0.05, 0) is 18.2 Å². The first kappa shape index (κ1) is 12.2. The van der Waals surface area contributed by atoms with E-state index in [2.05, 4.69) is 5.32 Å². The van der Waals surface area contributed by atoms with Gasteiger partial charge in [-0.15, -0.1) is 0 Å². The number of nitrogens with two attached hydrogens (primary N) is 1. The van der Waals surface area contributed by atoms with Crippen molar-refractivity contribution in [3.05, 3.63) is 23.8 Å². The molecule has 16 heavy (non-hydrogen) atoms. The van der Waals surface area contributed by atoms with Crippen molar-refractivity contribution in [3.8, 4) is 5.75 Å². The molecule has 0 aliphatic carbocycles. The fourth-order valence-corrected chi connectivity index (χ4v) is 1.10. The molecule has 0 saturated carbocycles. The van der Waals surface area contributed by atoms with E-state index in [1.165, 1.54) is 25.2 Å². The van der Waals surface area contributed by atoms with Gasteiger partial charge in [-0.3, -0.25) is 4.79 Å². The number of hydrogen-bond acceptors (Lipinski definition) is 3. The van der Waals surface area contributed by atoms with Crippen LogP contribution in [0.25, 0.3) is 0 Å². The van der Waals surface area contributed by atoms with E-state index in [0.29, 0.717) is 5.56 Å². The van der Waals surface area contributed by atoms with Gasteiger partial charge in [0.05, 0.1) is 5.69 Å². The lowest BCUT2D eigenvalue weighted by Crippen LogP contribution is -2.18. The summed E-state index contributed by atoms with van der Waals surface area (Å²) in [5.74, 6) is -0.247. The Morgan fingerprint density at radius 2 is 2.25 bits per heavy atom. The van der Waals surface area contributed by atoms with Crippen LogP contribution in [0.15, 0.2) is 18.2 Å². The highest BCUT2D eigenvalue weighted by atomic mass is 19.3. The molecule has 1 aromatic carbocycles. The van der Waals surface area contributed by atoms with Gasteiger partial charge < -0.3 is 15.8 Å². The number of benzene rings is 1. The Labute approximate surface area is 91.4 Å². The van der Waals surface area contributed by atoms with Crippen LogP contribution in [0.3, 0.4) is 0 Å². The van der Waals surface area contributed by atoms with E-state index in [4.69, 9.17) is 10.5 Å². The molecule has 88 valence electrons. The van der Waals surface area contributed by atoms with Gasteiger partial charge >= 0.3 is 0 Å². The summed E-state index contributed by atoms with van der Waals surface area (Å²) in [7, 11) is 1.47. The third-order valence-electron chi connectivity index (χ3n) is 1.87. The third-order valence-corrected chi connectivity index (χ3v) is 1.87. The minimum Gasteiger partial charge on any atom is -0.485 e. The maximum Gasteiger partial charge on any atom is 0.272 e. The molecule has 1 amide bonds. The quantitative estimate of drug-likeness (QED) is 0.765. The van der Waals surface area contributed by atoms with Gasteiger partial charge in [0.25, 0.3) is 12.3 Å². The van der Waals surface area contributed by atoms with Gasteiger partial charge in [0, 0.05) is 12.6 Å². The van der Waals surface area contributed by atoms with Crippen molar-refractivity contribution in [2.24, 2.45) is 0 Å². The van der Waals surface area contributed by atoms with Gasteiger partial charge in [-0.1, -0.05) is 0 Å². The summed E-state index contributed by atoms with van der Waals surface area (Å²) in [5.41, 5.74) is 6.04. The minimum atomic E-state index is -2.58. The number of carbonyl (C=O) groups excluding carboxylic acids is 1. The Bertz CT molecular complexity index is 383. The van der Waals surface area contributed by atoms with Crippen LogP contribution in [0, 0.1) is 0 Å². The van der Waals surface area contributed by atoms with Crippen LogP contribution in [0.2, 0.25) is 0 Å². The second-order valence-electron chi connectivity index (χ2n) is 3.03. The zero-order valence-corrected chi connectivity index (χ0v) is 8.67. The van der Waals surface area contributed by atoms with E-state index < -0.39 is 13.0 Å². The van der Waals surface area contributed by atoms with Crippen molar-refractivity contribution in [1.29, 1.82) is 0 Å². The standard InChI is InChI=1S/C10H12F2N2O2/c1-14-10(15)6-2-3-7(13)8(4-6)16-5-9(11)12/h2-4,9H,5,13H2,1H3,(H,14,15). The minimum absolute atomic E-state index is 0.0846. The molecule has 0 saturated heterocycles. The van der Waals surface area contributed by atoms with E-state index in [9.17, 15) is 13.6 Å². The molecule has 0 aromatic heterocycles. The fraction of sp³-hybridized carbons (Fsp3) is 0.300. The second-order valence-corrected chi connectivity index (χ2v) is 3.03. The number of nitrogens with one attached hydrogen (secondary N) is 1. The molecule has 6 heteroatoms. The lowest BCUT2D eigenvalue weighted by Gasteiger charge is -2.09. The number of hydrogen-bond donors (Lipinski definition) is 2. The summed E-state index contributed by atoms with van der Waals surface area (Å²) >= 11 is 0. The average molecular weight is 230 g/mol. The normalized spacial score (nSPS) is 10.2. The molecule has 0 atom stereocenters. The first-order chi connectivity index (χ1) is 7.54. The summed E-state index contributed by atoms with van der Waals surface area (Å²) in [5, 5.41) is 2.41. The second kappa shape index (κ2) is 5.29. The third kappa shape index (κ3) is 3.08. The molecule has 0 unspecified atom stereocenters. The SMILES string of the molecule is CNC(=O)c1ccc(N)c(OCC(F)F)c1. The number of alkyl halides is 2. The number of rotatable bonds is 4. The van der Waals surface area contributed by atoms with Crippen LogP contribution in [-0.2, 0) is 0 Å². The van der Waals surface area contributed by atoms with Crippen molar-refractivity contribution in [2.75, 3.05) is 19.4 Å². The van der Waals surface area contributed by atoms with E-state index in [1.54, 1.807) is 0 Å². The first-order valence-corrected chi connectivity index (χ1v) is 4.57. The Morgan fingerprint density at radius 1 is 1.56 bits per heavy atom. The molecule has 1 rings (SSSR count). The predicted molar refractivity (Wildman–Crippen MR) is 55.7 cm³/mol. The largest absolute Gasteiger partial charge is 0.485 e. The van der Waals surface area contributed by atoms with Crippen molar-refractivity contribution >= 4 is 11.6 Å². The molecular formula is C10H12F2N2O2. The summed E-state index contributed by atoms with van der Waals surface area (Å²) in [4.78, 5) is 11.3. The van der Waals surface area contributed by atoms with Crippen LogP contribution in [0.1, 0.15) is 10.4 Å². The lowest BCUT2D eigenvalue weighted by molar-refractivity contribution is 0.0822. The Kier molecular flexibility index (Phi) is 4.04. The van der Waals surface area contributed by atoms with Gasteiger partial charge in [0.1, 0.15) is 12.4 Å². The van der Waals surface area contributed by atoms with Crippen molar-refractivity contribution in [1.82, 2.24) is 5.32 Å². The van der Waals surface area contributed by atoms with E-state index in [1.807, 2.05) is 0 Å². The molecule has 0 radical (unpaired) electrons. The molecule has 0 bridgehead atoms. The molecule has 0 aliphatic rings. The summed E-state index contributed by atoms with van der Waals surface area (Å²) in [6, 6.07) is 4.26. The van der Waals surface area contributed by atoms with Crippen LogP contribution in [0.4, 0.5) is 14.5 Å². The first-order valence-electron chi connectivity index (χ1n) is 4.57. The number of halogens is 2. The van der Waals surface area contributed by atoms with E-state index >= 15 is 0 Å². The van der Waals surface area contributed by atoms with Crippen LogP contribution in [-0.4, -0.2) is 26.0 Å². The van der Waals surface area contributed by atoms with Gasteiger partial charge in [-0.25, -0.2) is 8.78 Å². The highest BCUT2D eigenvalue weighted by molar-refractivity contribution is 5.95. The molecule has 3 N–H and O–H groups in total. The number of amides is 1. The number of ether oxygens (including phenoxy) is 1. The molecule has 0 aliphatic heterocycles. The van der Waals surface area contributed by atoms with E-state index in [-0.39, 0.29) is 17.3 Å². The van der Waals surface area contributed by atoms with Gasteiger partial charge in [-0.2, -0.15) is 0 Å². The molecule has 0 heterocycles. The molecule has 0 fully saturated rings. The lowest BCUT2D eigenvalue weighted by atomic mass is 10.2. The molecular weight excluding hydrogens is 218 g/mol. The highest BCUT2D eigenvalue weighted by Crippen LogP contribution is 2.23. The van der Waals surface area contributed by atoms with Crippen LogP contribution >= 0.6 is 0 Å². The maximum absolute atomic E-state index is 11.9. The predicted octanol–water partition coefficient (Wildman–Crippen LogP) is 1.27. The maximum atomic E-state index is 11.9. The number of nitrogen functional groups attached to an aromatic ring is 1. The van der Waals surface area contributed by atoms with Crippen LogP contribution in [0.5, 0.6) is 5.75 Å². The number of carbonyl (C=O) groups is 1. The summed E-state index contributed by atoms with van der Waals surface area (Å²) < 4.78 is 28.6. The van der Waals surface area contributed by atoms with E-state index in [0.717, 1.165) is 0 Å². The highest BCUT2D eigenvalue weighted by Gasteiger charge is 2.10. The Hall–Kier alpha value is -1.85. The summed E-state index contributed by atoms with van der Waals surface area (Å²) in [6.07, 6.45) is -2.58. The Balaban J connectivity index is 2.86. The monoisotopic (exact) mass is 230 g/mol. The smallest absolute Gasteiger partial charge is 0.272 e. The van der Waals surface area contributed by atoms with Crippen molar-refractivity contribution < 1.29 is 18.3 Å². The van der Waals surface area contributed by atoms with Crippen molar-refractivity contribution in [2.45, 2.75) is 6.43 Å². The molecule has 4 nitrogen and oxygen atoms in total. The molecule has 0 spiro atoms. The van der Waals surface area contributed by atoms with Crippen LogP contribution < -0.4 is 15.8 Å². The zero-order chi connectivity index (χ0) is 12.1. The van der Waals surface area contributed by atoms with Crippen molar-refractivity contribution in [3.63, 3.8) is 0 Å². The molecule has 1 aromatic rings. The fourth-order valence-electron chi connectivity index (χ4n) is 1.10.